The zero-order chi connectivity index (χ0) is 17.9. The molecule has 4 heteroatoms. The molecule has 0 bridgehead atoms. The van der Waals surface area contributed by atoms with Crippen LogP contribution in [0.25, 0.3) is 34.2 Å². The second-order valence-electron chi connectivity index (χ2n) is 5.84. The van der Waals surface area contributed by atoms with Gasteiger partial charge >= 0.3 is 5.97 Å². The van der Waals surface area contributed by atoms with Crippen LogP contribution in [-0.4, -0.2) is 16.1 Å². The molecule has 4 nitrogen and oxygen atoms in total. The summed E-state index contributed by atoms with van der Waals surface area (Å²) < 4.78 is 5.76. The molecule has 0 radical (unpaired) electrons. The summed E-state index contributed by atoms with van der Waals surface area (Å²) in [6, 6.07) is 24.1. The van der Waals surface area contributed by atoms with E-state index >= 15 is 0 Å². The molecule has 0 aliphatic heterocycles. The van der Waals surface area contributed by atoms with E-state index in [0.29, 0.717) is 11.5 Å². The van der Waals surface area contributed by atoms with Crippen molar-refractivity contribution in [2.24, 2.45) is 0 Å². The maximum absolute atomic E-state index is 11.6. The molecule has 4 rings (SSSR count). The first-order valence-corrected chi connectivity index (χ1v) is 8.17. The molecule has 1 heterocycles. The number of para-hydroxylation sites is 2. The zero-order valence-corrected chi connectivity index (χ0v) is 13.8. The van der Waals surface area contributed by atoms with Crippen molar-refractivity contribution in [2.75, 3.05) is 0 Å². The number of benzene rings is 3. The van der Waals surface area contributed by atoms with Crippen molar-refractivity contribution in [3.63, 3.8) is 0 Å². The third-order valence-corrected chi connectivity index (χ3v) is 4.08. The Morgan fingerprint density at radius 1 is 0.885 bits per heavy atom. The number of carbonyl (C=O) groups is 1. The summed E-state index contributed by atoms with van der Waals surface area (Å²) in [6.45, 7) is 0. The molecule has 0 amide bonds. The highest BCUT2D eigenvalue weighted by Crippen LogP contribution is 2.25. The Morgan fingerprint density at radius 3 is 2.27 bits per heavy atom. The molecule has 0 saturated carbocycles. The summed E-state index contributed by atoms with van der Waals surface area (Å²) in [5, 5.41) is 9.51. The lowest BCUT2D eigenvalue weighted by molar-refractivity contribution is -0.130. The van der Waals surface area contributed by atoms with Crippen molar-refractivity contribution in [3.05, 3.63) is 90.0 Å². The number of carboxylic acids is 1. The first kappa shape index (κ1) is 15.8. The van der Waals surface area contributed by atoms with E-state index in [-0.39, 0.29) is 5.57 Å². The highest BCUT2D eigenvalue weighted by molar-refractivity contribution is 6.20. The van der Waals surface area contributed by atoms with Gasteiger partial charge in [-0.05, 0) is 41.5 Å². The SMILES string of the molecule is O=C(O)C(=Cc1ccc(-c2nc3ccccc3o2)cc1)c1ccccc1. The van der Waals surface area contributed by atoms with Gasteiger partial charge in [0.2, 0.25) is 5.89 Å². The second-order valence-corrected chi connectivity index (χ2v) is 5.84. The summed E-state index contributed by atoms with van der Waals surface area (Å²) in [4.78, 5) is 16.1. The Labute approximate surface area is 150 Å². The molecule has 0 saturated heterocycles. The van der Waals surface area contributed by atoms with E-state index in [4.69, 9.17) is 4.42 Å². The number of aliphatic carboxylic acids is 1. The topological polar surface area (TPSA) is 63.3 Å². The Kier molecular flexibility index (Phi) is 4.07. The first-order valence-electron chi connectivity index (χ1n) is 8.17. The fourth-order valence-electron chi connectivity index (χ4n) is 2.77. The van der Waals surface area contributed by atoms with Gasteiger partial charge in [-0.15, -0.1) is 0 Å². The van der Waals surface area contributed by atoms with Gasteiger partial charge in [-0.2, -0.15) is 0 Å². The minimum Gasteiger partial charge on any atom is -0.478 e. The van der Waals surface area contributed by atoms with E-state index in [1.165, 1.54) is 0 Å². The number of fused-ring (bicyclic) bond motifs is 1. The van der Waals surface area contributed by atoms with E-state index in [2.05, 4.69) is 4.98 Å². The summed E-state index contributed by atoms with van der Waals surface area (Å²) >= 11 is 0. The summed E-state index contributed by atoms with van der Waals surface area (Å²) in [5.41, 5.74) is 4.11. The fraction of sp³-hybridized carbons (Fsp3) is 0. The number of hydrogen-bond acceptors (Lipinski definition) is 3. The van der Waals surface area contributed by atoms with Crippen LogP contribution in [0, 0.1) is 0 Å². The molecule has 0 unspecified atom stereocenters. The summed E-state index contributed by atoms with van der Waals surface area (Å²) in [7, 11) is 0. The normalized spacial score (nSPS) is 11.6. The number of hydrogen-bond donors (Lipinski definition) is 1. The minimum atomic E-state index is -0.959. The third-order valence-electron chi connectivity index (χ3n) is 4.08. The van der Waals surface area contributed by atoms with Crippen LogP contribution in [0.3, 0.4) is 0 Å². The van der Waals surface area contributed by atoms with E-state index < -0.39 is 5.97 Å². The van der Waals surface area contributed by atoms with Gasteiger partial charge in [0.05, 0.1) is 5.57 Å². The van der Waals surface area contributed by atoms with Crippen LogP contribution in [-0.2, 0) is 4.79 Å². The highest BCUT2D eigenvalue weighted by atomic mass is 16.4. The number of carboxylic acid groups (broad SMARTS) is 1. The average molecular weight is 341 g/mol. The van der Waals surface area contributed by atoms with Crippen LogP contribution >= 0.6 is 0 Å². The summed E-state index contributed by atoms with van der Waals surface area (Å²) in [5.74, 6) is -0.414. The Balaban J connectivity index is 1.67. The van der Waals surface area contributed by atoms with Crippen molar-refractivity contribution >= 4 is 28.7 Å². The maximum atomic E-state index is 11.6. The van der Waals surface area contributed by atoms with E-state index in [0.717, 1.165) is 22.2 Å². The monoisotopic (exact) mass is 341 g/mol. The standard InChI is InChI=1S/C22H15NO3/c24-22(25)18(16-6-2-1-3-7-16)14-15-10-12-17(13-11-15)21-23-19-8-4-5-9-20(19)26-21/h1-14H,(H,24,25). The smallest absolute Gasteiger partial charge is 0.336 e. The van der Waals surface area contributed by atoms with E-state index in [1.807, 2.05) is 66.7 Å². The van der Waals surface area contributed by atoms with Gasteiger partial charge in [0, 0.05) is 5.56 Å². The first-order chi connectivity index (χ1) is 12.7. The Morgan fingerprint density at radius 2 is 1.58 bits per heavy atom. The number of oxazole rings is 1. The number of aromatic nitrogens is 1. The Hall–Kier alpha value is -3.66. The van der Waals surface area contributed by atoms with Gasteiger partial charge < -0.3 is 9.52 Å². The van der Waals surface area contributed by atoms with Gasteiger partial charge in [0.25, 0.3) is 0 Å². The molecule has 0 spiro atoms. The molecule has 1 N–H and O–H groups in total. The molecule has 4 aromatic rings. The molecule has 0 aliphatic rings. The van der Waals surface area contributed by atoms with Gasteiger partial charge in [0.15, 0.2) is 5.58 Å². The second kappa shape index (κ2) is 6.69. The Bertz CT molecular complexity index is 1060. The highest BCUT2D eigenvalue weighted by Gasteiger charge is 2.11. The quantitative estimate of drug-likeness (QED) is 0.413. The van der Waals surface area contributed by atoms with Crippen molar-refractivity contribution in [2.45, 2.75) is 0 Å². The molecule has 126 valence electrons. The molecule has 0 fully saturated rings. The lowest BCUT2D eigenvalue weighted by atomic mass is 10.0. The molecule has 3 aromatic carbocycles. The van der Waals surface area contributed by atoms with Crippen molar-refractivity contribution in [3.8, 4) is 11.5 Å². The fourth-order valence-corrected chi connectivity index (χ4v) is 2.77. The van der Waals surface area contributed by atoms with Crippen LogP contribution in [0.2, 0.25) is 0 Å². The van der Waals surface area contributed by atoms with Crippen LogP contribution in [0.15, 0.2) is 83.3 Å². The lowest BCUT2D eigenvalue weighted by Gasteiger charge is -2.03. The van der Waals surface area contributed by atoms with Crippen molar-refractivity contribution in [1.82, 2.24) is 4.98 Å². The number of rotatable bonds is 4. The van der Waals surface area contributed by atoms with Crippen LogP contribution in [0.1, 0.15) is 11.1 Å². The molecule has 1 aromatic heterocycles. The summed E-state index contributed by atoms with van der Waals surface area (Å²) in [6.07, 6.45) is 1.66. The predicted molar refractivity (Wildman–Crippen MR) is 101 cm³/mol. The molecule has 0 atom stereocenters. The predicted octanol–water partition coefficient (Wildman–Crippen LogP) is 5.12. The van der Waals surface area contributed by atoms with Crippen LogP contribution < -0.4 is 0 Å². The number of nitrogens with zero attached hydrogens (tertiary/aromatic N) is 1. The van der Waals surface area contributed by atoms with Crippen molar-refractivity contribution in [1.29, 1.82) is 0 Å². The van der Waals surface area contributed by atoms with Gasteiger partial charge in [0.1, 0.15) is 5.52 Å². The van der Waals surface area contributed by atoms with Crippen molar-refractivity contribution < 1.29 is 14.3 Å². The zero-order valence-electron chi connectivity index (χ0n) is 13.8. The van der Waals surface area contributed by atoms with E-state index in [1.54, 1.807) is 18.2 Å². The lowest BCUT2D eigenvalue weighted by Crippen LogP contribution is -1.99. The molecule has 0 aliphatic carbocycles. The molecular weight excluding hydrogens is 326 g/mol. The minimum absolute atomic E-state index is 0.250. The largest absolute Gasteiger partial charge is 0.478 e. The molecule has 26 heavy (non-hydrogen) atoms. The third kappa shape index (κ3) is 3.13. The van der Waals surface area contributed by atoms with Crippen LogP contribution in [0.5, 0.6) is 0 Å². The maximum Gasteiger partial charge on any atom is 0.336 e. The van der Waals surface area contributed by atoms with Gasteiger partial charge in [-0.25, -0.2) is 9.78 Å². The van der Waals surface area contributed by atoms with Crippen LogP contribution in [0.4, 0.5) is 0 Å². The average Bonchev–Trinajstić information content (AvgIpc) is 3.11. The molecular formula is C22H15NO3. The van der Waals surface area contributed by atoms with Gasteiger partial charge in [-0.1, -0.05) is 54.6 Å². The van der Waals surface area contributed by atoms with E-state index in [9.17, 15) is 9.90 Å². The van der Waals surface area contributed by atoms with Gasteiger partial charge in [-0.3, -0.25) is 0 Å².